The highest BCUT2D eigenvalue weighted by Gasteiger charge is 2.44. The molecule has 9 atom stereocenters. The highest BCUT2D eigenvalue weighted by Crippen LogP contribution is 2.31. The maximum absolute atomic E-state index is 14.6. The van der Waals surface area contributed by atoms with E-state index >= 15 is 0 Å². The minimum absolute atomic E-state index is 0.00546. The molecule has 24 heteroatoms. The number of nitrogens with one attached hydrogen (secondary N) is 4. The summed E-state index contributed by atoms with van der Waals surface area (Å²) < 4.78 is 46.1. The molecule has 1 aromatic carbocycles. The number of methoxy groups -OCH3 is 2. The number of benzene rings is 1. The van der Waals surface area contributed by atoms with Crippen LogP contribution < -0.4 is 25.4 Å². The molecule has 5 rings (SSSR count). The van der Waals surface area contributed by atoms with Crippen molar-refractivity contribution in [3.05, 3.63) is 58.9 Å². The summed E-state index contributed by atoms with van der Waals surface area (Å²) in [5.41, 5.74) is 2.60. The van der Waals surface area contributed by atoms with E-state index < -0.39 is 81.5 Å². The largest absolute Gasteiger partial charge is 0.415 e. The first kappa shape index (κ1) is 68.0. The Morgan fingerprint density at radius 1 is 0.793 bits per heavy atom. The minimum Gasteiger partial charge on any atom is -0.410 e. The zero-order valence-electron chi connectivity index (χ0n) is 49.9. The maximum atomic E-state index is 14.6. The van der Waals surface area contributed by atoms with E-state index in [1.165, 1.54) is 14.2 Å². The van der Waals surface area contributed by atoms with Gasteiger partial charge in [-0.05, 0) is 106 Å². The topological polar surface area (TPSA) is 255 Å². The number of likely N-dealkylation sites (tertiary alicyclic amines) is 2. The fourth-order valence-electron chi connectivity index (χ4n) is 11.3. The molecule has 0 spiro atoms. The third-order valence-corrected chi connectivity index (χ3v) is 19.2. The second-order valence-electron chi connectivity index (χ2n) is 23.2. The van der Waals surface area contributed by atoms with Crippen molar-refractivity contribution in [2.24, 2.45) is 29.6 Å². The monoisotopic (exact) mass is 1290 g/mol. The number of ether oxygens (including phenoxy) is 3. The number of carbonyl (C=O) groups excluding carboxylic acids is 7. The zero-order chi connectivity index (χ0) is 60.7. The molecule has 0 bridgehead atoms. The summed E-state index contributed by atoms with van der Waals surface area (Å²) in [5.74, 6) is -3.39. The molecule has 2 saturated heterocycles. The van der Waals surface area contributed by atoms with Crippen molar-refractivity contribution in [2.75, 3.05) is 61.5 Å². The Morgan fingerprint density at radius 2 is 1.41 bits per heavy atom. The lowest BCUT2D eigenvalue weighted by atomic mass is 9.89. The predicted octanol–water partition coefficient (Wildman–Crippen LogP) is 5.80. The Bertz CT molecular complexity index is 2590. The molecule has 1 saturated carbocycles. The van der Waals surface area contributed by atoms with Gasteiger partial charge >= 0.3 is 6.09 Å². The summed E-state index contributed by atoms with van der Waals surface area (Å²) in [6, 6.07) is 6.17. The summed E-state index contributed by atoms with van der Waals surface area (Å²) in [4.78, 5) is 108. The Kier molecular flexibility index (Phi) is 26.1. The third kappa shape index (κ3) is 18.4. The summed E-state index contributed by atoms with van der Waals surface area (Å²) in [7, 11) is 4.32. The van der Waals surface area contributed by atoms with Crippen molar-refractivity contribution in [1.82, 2.24) is 45.3 Å². The van der Waals surface area contributed by atoms with Crippen molar-refractivity contribution >= 4 is 83.4 Å². The van der Waals surface area contributed by atoms with Gasteiger partial charge in [-0.1, -0.05) is 98.9 Å². The molecule has 1 unspecified atom stereocenters. The standard InChI is InChI=1S/C58H89Br2N9O12S/c1-13-36(6)51(67(10)57(75)49(34(2)3)64-56(74)50(35(4)5)66(8)9)47(79-11)30-48(70)69-24-14-15-46(69)52(80-12)37(7)53(71)63-45(55(73)65-82(77,78)44-20-21-44)27-38-16-18-43(19-17-38)81-58(76)68-25-22-39(23-26-68)33-61-54(72)40-28-41(31-59)62-42(29-40)32-60/h16-19,28-29,34-37,39,44-47,49-52H,13-15,20-27,30-33H2,1-12H3,(H,61,72)(H,63,71)(H,64,74)(H,65,73)/t36-,37+,45?,46-,47+,49-,50-,51-,52+/m0/s1. The number of rotatable bonds is 29. The SMILES string of the molecule is CC[C@H](C)[C@@H]([C@@H](CC(=O)N1CCC[C@H]1[C@H](OC)[C@@H](C)C(=O)NC(Cc1ccc(OC(=O)N2CCC(CNC(=O)c3cc(CBr)nc(CBr)c3)CC2)cc1)C(=O)NS(=O)(=O)C1CC1)OC)N(C)C(=O)[C@@H](NC(=O)[C@H](C(C)C)N(C)C)C(C)C. The number of halogens is 2. The molecule has 3 aliphatic rings. The first-order valence-corrected chi connectivity index (χ1v) is 32.5. The lowest BCUT2D eigenvalue weighted by Gasteiger charge is -2.41. The number of likely N-dealkylation sites (N-methyl/N-ethyl adjacent to an activating group) is 2. The number of amides is 7. The van der Waals surface area contributed by atoms with Gasteiger partial charge in [-0.15, -0.1) is 0 Å². The summed E-state index contributed by atoms with van der Waals surface area (Å²) >= 11 is 6.82. The molecule has 0 radical (unpaired) electrons. The van der Waals surface area contributed by atoms with Crippen LogP contribution in [0.4, 0.5) is 4.79 Å². The number of alkyl halides is 2. The molecule has 82 heavy (non-hydrogen) atoms. The van der Waals surface area contributed by atoms with Crippen molar-refractivity contribution in [3.8, 4) is 5.75 Å². The first-order valence-electron chi connectivity index (χ1n) is 28.7. The molecule has 458 valence electrons. The molecular weight excluding hydrogens is 1210 g/mol. The van der Waals surface area contributed by atoms with Gasteiger partial charge in [0.2, 0.25) is 33.7 Å². The molecule has 3 fully saturated rings. The highest BCUT2D eigenvalue weighted by molar-refractivity contribution is 9.08. The number of pyridine rings is 1. The number of nitrogens with zero attached hydrogens (tertiary/aromatic N) is 5. The van der Waals surface area contributed by atoms with E-state index in [1.54, 1.807) is 65.1 Å². The Morgan fingerprint density at radius 3 is 1.94 bits per heavy atom. The van der Waals surface area contributed by atoms with Crippen LogP contribution in [-0.4, -0.2) is 184 Å². The van der Waals surface area contributed by atoms with Gasteiger partial charge in [-0.25, -0.2) is 13.2 Å². The number of hydrogen-bond donors (Lipinski definition) is 4. The number of sulfonamides is 1. The lowest BCUT2D eigenvalue weighted by molar-refractivity contribution is -0.148. The van der Waals surface area contributed by atoms with Gasteiger partial charge in [-0.3, -0.25) is 43.4 Å². The van der Waals surface area contributed by atoms with E-state index in [0.717, 1.165) is 11.4 Å². The first-order chi connectivity index (χ1) is 38.8. The quantitative estimate of drug-likeness (QED) is 0.0704. The van der Waals surface area contributed by atoms with Crippen molar-refractivity contribution < 1.29 is 56.2 Å². The predicted molar refractivity (Wildman–Crippen MR) is 320 cm³/mol. The summed E-state index contributed by atoms with van der Waals surface area (Å²) in [5, 5.41) is 9.19. The normalized spacial score (nSPS) is 18.9. The van der Waals surface area contributed by atoms with Gasteiger partial charge in [0.15, 0.2) is 0 Å². The Balaban J connectivity index is 1.22. The van der Waals surface area contributed by atoms with Crippen LogP contribution in [0, 0.1) is 29.6 Å². The van der Waals surface area contributed by atoms with Gasteiger partial charge in [0.1, 0.15) is 17.8 Å². The molecular formula is C58H89Br2N9O12S. The second-order valence-corrected chi connectivity index (χ2v) is 26.3. The van der Waals surface area contributed by atoms with Gasteiger partial charge in [-0.2, -0.15) is 0 Å². The average molecular weight is 1300 g/mol. The van der Waals surface area contributed by atoms with Gasteiger partial charge in [0, 0.05) is 70.1 Å². The molecule has 4 N–H and O–H groups in total. The van der Waals surface area contributed by atoms with Crippen molar-refractivity contribution in [2.45, 2.75) is 165 Å². The summed E-state index contributed by atoms with van der Waals surface area (Å²) in [6.07, 6.45) is 1.62. The molecule has 3 heterocycles. The van der Waals surface area contributed by atoms with Gasteiger partial charge in [0.05, 0.1) is 59.3 Å². The maximum Gasteiger partial charge on any atom is 0.415 e. The van der Waals surface area contributed by atoms with E-state index in [4.69, 9.17) is 14.2 Å². The van der Waals surface area contributed by atoms with Crippen LogP contribution in [-0.2, 0) is 60.6 Å². The van der Waals surface area contributed by atoms with Crippen LogP contribution in [0.3, 0.4) is 0 Å². The number of aromatic nitrogens is 1. The third-order valence-electron chi connectivity index (χ3n) is 16.2. The number of hydrogen-bond acceptors (Lipinski definition) is 14. The molecule has 1 aromatic heterocycles. The van der Waals surface area contributed by atoms with Crippen LogP contribution in [0.25, 0.3) is 0 Å². The van der Waals surface area contributed by atoms with E-state index in [-0.39, 0.29) is 65.9 Å². The van der Waals surface area contributed by atoms with E-state index in [1.807, 2.05) is 60.5 Å². The smallest absolute Gasteiger partial charge is 0.410 e. The summed E-state index contributed by atoms with van der Waals surface area (Å²) in [6.45, 7) is 15.0. The van der Waals surface area contributed by atoms with Gasteiger partial charge < -0.3 is 44.9 Å². The fraction of sp³-hybridized carbons (Fsp3) is 0.690. The van der Waals surface area contributed by atoms with Crippen LogP contribution in [0.15, 0.2) is 36.4 Å². The molecule has 7 amide bonds. The Hall–Kier alpha value is -4.75. The zero-order valence-corrected chi connectivity index (χ0v) is 53.9. The fourth-order valence-corrected chi connectivity index (χ4v) is 13.2. The number of piperidine rings is 1. The molecule has 21 nitrogen and oxygen atoms in total. The molecule has 1 aliphatic carbocycles. The lowest BCUT2D eigenvalue weighted by Crippen LogP contribution is -2.59. The molecule has 2 aromatic rings. The average Bonchev–Trinajstić information content (AvgIpc) is 4.31. The van der Waals surface area contributed by atoms with Crippen LogP contribution in [0.1, 0.15) is 127 Å². The minimum atomic E-state index is -4.00. The van der Waals surface area contributed by atoms with Crippen LogP contribution >= 0.6 is 31.9 Å². The van der Waals surface area contributed by atoms with E-state index in [2.05, 4.69) is 57.5 Å². The Labute approximate surface area is 502 Å². The van der Waals surface area contributed by atoms with Crippen LogP contribution in [0.2, 0.25) is 0 Å². The van der Waals surface area contributed by atoms with Crippen LogP contribution in [0.5, 0.6) is 5.75 Å². The molecule has 2 aliphatic heterocycles. The number of carbonyl (C=O) groups is 7. The van der Waals surface area contributed by atoms with E-state index in [0.29, 0.717) is 92.9 Å². The van der Waals surface area contributed by atoms with Crippen molar-refractivity contribution in [1.29, 1.82) is 0 Å². The van der Waals surface area contributed by atoms with Gasteiger partial charge in [0.25, 0.3) is 11.8 Å². The second kappa shape index (κ2) is 31.4. The highest BCUT2D eigenvalue weighted by atomic mass is 79.9. The van der Waals surface area contributed by atoms with E-state index in [9.17, 15) is 42.0 Å². The van der Waals surface area contributed by atoms with Crippen molar-refractivity contribution in [3.63, 3.8) is 0 Å².